The van der Waals surface area contributed by atoms with Gasteiger partial charge in [0.1, 0.15) is 0 Å². The fraction of sp³-hybridized carbons (Fsp3) is 0.0714. The lowest BCUT2D eigenvalue weighted by molar-refractivity contribution is -0.114. The molecular weight excluding hydrogens is 354 g/mol. The minimum absolute atomic E-state index is 0.0564. The fourth-order valence-corrected chi connectivity index (χ4v) is 2.72. The van der Waals surface area contributed by atoms with E-state index in [1.165, 1.54) is 0 Å². The van der Waals surface area contributed by atoms with E-state index >= 15 is 0 Å². The van der Waals surface area contributed by atoms with Crippen molar-refractivity contribution in [3.05, 3.63) is 56.5 Å². The number of hydrogen-bond acceptors (Lipinski definition) is 2. The van der Waals surface area contributed by atoms with Gasteiger partial charge in [-0.2, -0.15) is 0 Å². The third-order valence-corrected chi connectivity index (χ3v) is 3.33. The number of hydrogen-bond donors (Lipinski definition) is 2. The van der Waals surface area contributed by atoms with E-state index in [1.807, 2.05) is 0 Å². The maximum absolute atomic E-state index is 11.9. The van der Waals surface area contributed by atoms with Gasteiger partial charge in [-0.15, -0.1) is 0 Å². The molecule has 0 unspecified atom stereocenters. The highest BCUT2D eigenvalue weighted by Crippen LogP contribution is 2.23. The van der Waals surface area contributed by atoms with Crippen molar-refractivity contribution >= 4 is 63.7 Å². The summed E-state index contributed by atoms with van der Waals surface area (Å²) in [7, 11) is 0. The summed E-state index contributed by atoms with van der Waals surface area (Å²) in [6.45, 7) is 0.0564. The highest BCUT2D eigenvalue weighted by atomic mass is 35.5. The van der Waals surface area contributed by atoms with Crippen LogP contribution in [0.15, 0.2) is 36.4 Å². The number of rotatable bonds is 4. The zero-order valence-electron chi connectivity index (χ0n) is 10.6. The van der Waals surface area contributed by atoms with E-state index in [2.05, 4.69) is 10.6 Å². The average molecular weight is 364 g/mol. The minimum Gasteiger partial charge on any atom is -0.376 e. The summed E-state index contributed by atoms with van der Waals surface area (Å²) in [5.74, 6) is -0.246. The van der Waals surface area contributed by atoms with E-state index in [0.717, 1.165) is 0 Å². The molecule has 0 heterocycles. The van der Waals surface area contributed by atoms with Crippen molar-refractivity contribution in [3.8, 4) is 0 Å². The van der Waals surface area contributed by atoms with Crippen LogP contribution in [0.2, 0.25) is 20.1 Å². The monoisotopic (exact) mass is 362 g/mol. The topological polar surface area (TPSA) is 41.1 Å². The van der Waals surface area contributed by atoms with Gasteiger partial charge in [-0.3, -0.25) is 4.79 Å². The molecule has 0 spiro atoms. The zero-order chi connectivity index (χ0) is 15.4. The number of carbonyl (C=O) groups is 1. The summed E-state index contributed by atoms with van der Waals surface area (Å²) >= 11 is 23.5. The van der Waals surface area contributed by atoms with E-state index in [0.29, 0.717) is 31.5 Å². The Morgan fingerprint density at radius 3 is 1.67 bits per heavy atom. The van der Waals surface area contributed by atoms with Crippen LogP contribution < -0.4 is 10.6 Å². The third-order valence-electron chi connectivity index (χ3n) is 2.46. The summed E-state index contributed by atoms with van der Waals surface area (Å²) in [6.07, 6.45) is 0. The van der Waals surface area contributed by atoms with Crippen molar-refractivity contribution < 1.29 is 4.79 Å². The molecular formula is C14H10Cl4N2O. The van der Waals surface area contributed by atoms with E-state index < -0.39 is 0 Å². The fourth-order valence-electron chi connectivity index (χ4n) is 1.67. The van der Waals surface area contributed by atoms with Gasteiger partial charge in [0.2, 0.25) is 5.91 Å². The van der Waals surface area contributed by atoms with Crippen LogP contribution in [-0.4, -0.2) is 12.5 Å². The number of halogens is 4. The predicted molar refractivity (Wildman–Crippen MR) is 90.0 cm³/mol. The van der Waals surface area contributed by atoms with Crippen LogP contribution in [0.25, 0.3) is 0 Å². The molecule has 0 atom stereocenters. The Kier molecular flexibility index (Phi) is 5.59. The Hall–Kier alpha value is -1.13. The Labute approximate surface area is 142 Å². The Morgan fingerprint density at radius 1 is 0.762 bits per heavy atom. The molecule has 0 radical (unpaired) electrons. The summed E-state index contributed by atoms with van der Waals surface area (Å²) in [4.78, 5) is 11.9. The molecule has 2 aromatic rings. The normalized spacial score (nSPS) is 10.3. The molecule has 1 amide bonds. The van der Waals surface area contributed by atoms with Crippen LogP contribution in [0.5, 0.6) is 0 Å². The summed E-state index contributed by atoms with van der Waals surface area (Å²) in [5, 5.41) is 7.50. The molecule has 0 saturated carbocycles. The molecule has 0 fully saturated rings. The van der Waals surface area contributed by atoms with E-state index in [9.17, 15) is 4.79 Å². The van der Waals surface area contributed by atoms with Crippen molar-refractivity contribution in [2.24, 2.45) is 0 Å². The molecule has 2 N–H and O–H groups in total. The zero-order valence-corrected chi connectivity index (χ0v) is 13.6. The summed E-state index contributed by atoms with van der Waals surface area (Å²) in [5.41, 5.74) is 1.19. The van der Waals surface area contributed by atoms with Crippen LogP contribution in [-0.2, 0) is 4.79 Å². The van der Waals surface area contributed by atoms with E-state index in [4.69, 9.17) is 46.4 Å². The molecule has 21 heavy (non-hydrogen) atoms. The molecule has 110 valence electrons. The van der Waals surface area contributed by atoms with Gasteiger partial charge in [-0.25, -0.2) is 0 Å². The standard InChI is InChI=1S/C14H10Cl4N2O/c15-8-1-9(16)4-12(3-8)19-7-14(21)20-13-5-10(17)2-11(18)6-13/h1-6,19H,7H2,(H,20,21). The summed E-state index contributed by atoms with van der Waals surface area (Å²) in [6, 6.07) is 9.78. The molecule has 0 aliphatic carbocycles. The SMILES string of the molecule is O=C(CNc1cc(Cl)cc(Cl)c1)Nc1cc(Cl)cc(Cl)c1. The van der Waals surface area contributed by atoms with Gasteiger partial charge in [-0.05, 0) is 36.4 Å². The number of nitrogens with one attached hydrogen (secondary N) is 2. The molecule has 0 aliphatic rings. The first-order valence-corrected chi connectivity index (χ1v) is 7.39. The van der Waals surface area contributed by atoms with Gasteiger partial charge in [-0.1, -0.05) is 46.4 Å². The first kappa shape index (κ1) is 16.2. The second kappa shape index (κ2) is 7.23. The number of amides is 1. The van der Waals surface area contributed by atoms with Crippen molar-refractivity contribution in [3.63, 3.8) is 0 Å². The van der Waals surface area contributed by atoms with Gasteiger partial charge in [0.05, 0.1) is 6.54 Å². The molecule has 2 aromatic carbocycles. The van der Waals surface area contributed by atoms with Crippen LogP contribution in [0.4, 0.5) is 11.4 Å². The van der Waals surface area contributed by atoms with Crippen LogP contribution in [0.3, 0.4) is 0 Å². The Morgan fingerprint density at radius 2 is 1.19 bits per heavy atom. The smallest absolute Gasteiger partial charge is 0.243 e. The van der Waals surface area contributed by atoms with Crippen LogP contribution in [0.1, 0.15) is 0 Å². The molecule has 7 heteroatoms. The van der Waals surface area contributed by atoms with E-state index in [-0.39, 0.29) is 12.5 Å². The van der Waals surface area contributed by atoms with Gasteiger partial charge >= 0.3 is 0 Å². The second-order valence-corrected chi connectivity index (χ2v) is 5.96. The van der Waals surface area contributed by atoms with Crippen LogP contribution in [0, 0.1) is 0 Å². The maximum Gasteiger partial charge on any atom is 0.243 e. The number of benzene rings is 2. The van der Waals surface area contributed by atoms with Gasteiger partial charge in [0.25, 0.3) is 0 Å². The highest BCUT2D eigenvalue weighted by Gasteiger charge is 2.05. The highest BCUT2D eigenvalue weighted by molar-refractivity contribution is 6.35. The first-order valence-electron chi connectivity index (χ1n) is 5.88. The van der Waals surface area contributed by atoms with Gasteiger partial charge in [0.15, 0.2) is 0 Å². The van der Waals surface area contributed by atoms with Crippen molar-refractivity contribution in [2.75, 3.05) is 17.2 Å². The molecule has 0 aliphatic heterocycles. The van der Waals surface area contributed by atoms with Crippen molar-refractivity contribution in [1.29, 1.82) is 0 Å². The minimum atomic E-state index is -0.246. The first-order chi connectivity index (χ1) is 9.92. The van der Waals surface area contributed by atoms with E-state index in [1.54, 1.807) is 36.4 Å². The van der Waals surface area contributed by atoms with Gasteiger partial charge in [0, 0.05) is 31.5 Å². The lowest BCUT2D eigenvalue weighted by Gasteiger charge is -2.09. The molecule has 0 bridgehead atoms. The van der Waals surface area contributed by atoms with Crippen LogP contribution >= 0.6 is 46.4 Å². The van der Waals surface area contributed by atoms with Crippen molar-refractivity contribution in [1.82, 2.24) is 0 Å². The molecule has 3 nitrogen and oxygen atoms in total. The quantitative estimate of drug-likeness (QED) is 0.768. The Balaban J connectivity index is 1.95. The predicted octanol–water partition coefficient (Wildman–Crippen LogP) is 5.35. The second-order valence-electron chi connectivity index (χ2n) is 4.22. The maximum atomic E-state index is 11.9. The largest absolute Gasteiger partial charge is 0.376 e. The average Bonchev–Trinajstić information content (AvgIpc) is 2.34. The Bertz CT molecular complexity index is 636. The molecule has 0 saturated heterocycles. The van der Waals surface area contributed by atoms with Crippen molar-refractivity contribution in [2.45, 2.75) is 0 Å². The lowest BCUT2D eigenvalue weighted by Crippen LogP contribution is -2.21. The molecule has 0 aromatic heterocycles. The summed E-state index contributed by atoms with van der Waals surface area (Å²) < 4.78 is 0. The number of anilines is 2. The number of carbonyl (C=O) groups excluding carboxylic acids is 1. The van der Waals surface area contributed by atoms with Gasteiger partial charge < -0.3 is 10.6 Å². The third kappa shape index (κ3) is 5.29. The lowest BCUT2D eigenvalue weighted by atomic mass is 10.3. The molecule has 2 rings (SSSR count).